The zero-order valence-corrected chi connectivity index (χ0v) is 13.5. The molecule has 0 radical (unpaired) electrons. The van der Waals surface area contributed by atoms with Gasteiger partial charge >= 0.3 is 5.97 Å². The number of carboxylic acids is 1. The summed E-state index contributed by atoms with van der Waals surface area (Å²) >= 11 is 3.40. The second-order valence-corrected chi connectivity index (χ2v) is 5.18. The van der Waals surface area contributed by atoms with Crippen LogP contribution in [0.15, 0.2) is 46.9 Å². The van der Waals surface area contributed by atoms with Gasteiger partial charge < -0.3 is 19.3 Å². The van der Waals surface area contributed by atoms with Gasteiger partial charge in [-0.2, -0.15) is 0 Å². The number of hydrogen-bond donors (Lipinski definition) is 1. The molecule has 0 aliphatic rings. The first-order chi connectivity index (χ1) is 10.6. The molecule has 5 nitrogen and oxygen atoms in total. The maximum atomic E-state index is 10.9. The fourth-order valence-corrected chi connectivity index (χ4v) is 2.23. The van der Waals surface area contributed by atoms with Gasteiger partial charge in [0.25, 0.3) is 0 Å². The topological polar surface area (TPSA) is 65.0 Å². The number of benzene rings is 2. The summed E-state index contributed by atoms with van der Waals surface area (Å²) in [4.78, 5) is 10.9. The molecule has 22 heavy (non-hydrogen) atoms. The van der Waals surface area contributed by atoms with Crippen molar-refractivity contribution in [3.8, 4) is 17.2 Å². The Morgan fingerprint density at radius 1 is 1.09 bits per heavy atom. The van der Waals surface area contributed by atoms with Gasteiger partial charge in [0, 0.05) is 0 Å². The lowest BCUT2D eigenvalue weighted by molar-refractivity contribution is 0.0696. The average Bonchev–Trinajstić information content (AvgIpc) is 2.53. The monoisotopic (exact) mass is 366 g/mol. The number of carbonyl (C=O) groups is 1. The maximum Gasteiger partial charge on any atom is 0.335 e. The normalized spacial score (nSPS) is 10.1. The van der Waals surface area contributed by atoms with Crippen molar-refractivity contribution in [2.45, 2.75) is 0 Å². The summed E-state index contributed by atoms with van der Waals surface area (Å²) in [5.41, 5.74) is 0.191. The third kappa shape index (κ3) is 4.39. The van der Waals surface area contributed by atoms with Crippen molar-refractivity contribution >= 4 is 21.9 Å². The summed E-state index contributed by atoms with van der Waals surface area (Å²) in [7, 11) is 1.60. The van der Waals surface area contributed by atoms with E-state index in [2.05, 4.69) is 15.9 Å². The first-order valence-corrected chi connectivity index (χ1v) is 7.32. The zero-order chi connectivity index (χ0) is 15.9. The Bertz CT molecular complexity index is 657. The third-order valence-corrected chi connectivity index (χ3v) is 3.45. The molecular weight excluding hydrogens is 352 g/mol. The minimum atomic E-state index is -0.983. The lowest BCUT2D eigenvalue weighted by atomic mass is 10.2. The molecule has 2 aromatic carbocycles. The van der Waals surface area contributed by atoms with Gasteiger partial charge in [-0.05, 0) is 52.3 Å². The quantitative estimate of drug-likeness (QED) is 0.758. The molecule has 0 aromatic heterocycles. The second kappa shape index (κ2) is 7.70. The van der Waals surface area contributed by atoms with E-state index in [4.69, 9.17) is 19.3 Å². The molecular formula is C16H15BrO5. The molecule has 0 bridgehead atoms. The second-order valence-electron chi connectivity index (χ2n) is 4.33. The van der Waals surface area contributed by atoms with Crippen LogP contribution >= 0.6 is 15.9 Å². The molecule has 1 N–H and O–H groups in total. The Labute approximate surface area is 136 Å². The summed E-state index contributed by atoms with van der Waals surface area (Å²) in [6.07, 6.45) is 0. The van der Waals surface area contributed by atoms with Crippen LogP contribution < -0.4 is 14.2 Å². The number of aromatic carboxylic acids is 1. The molecule has 116 valence electrons. The Balaban J connectivity index is 1.84. The Morgan fingerprint density at radius 3 is 2.55 bits per heavy atom. The zero-order valence-electron chi connectivity index (χ0n) is 11.9. The smallest absolute Gasteiger partial charge is 0.335 e. The van der Waals surface area contributed by atoms with Crippen LogP contribution in [0, 0.1) is 0 Å². The number of halogens is 1. The van der Waals surface area contributed by atoms with E-state index >= 15 is 0 Å². The van der Waals surface area contributed by atoms with Crippen molar-refractivity contribution in [2.75, 3.05) is 20.3 Å². The van der Waals surface area contributed by atoms with Crippen molar-refractivity contribution < 1.29 is 24.1 Å². The van der Waals surface area contributed by atoms with E-state index in [1.807, 2.05) is 6.07 Å². The highest BCUT2D eigenvalue weighted by molar-refractivity contribution is 9.10. The minimum absolute atomic E-state index is 0.191. The molecule has 0 saturated carbocycles. The number of hydrogen-bond acceptors (Lipinski definition) is 4. The van der Waals surface area contributed by atoms with Crippen molar-refractivity contribution in [3.05, 3.63) is 52.5 Å². The van der Waals surface area contributed by atoms with Gasteiger partial charge in [-0.25, -0.2) is 4.79 Å². The van der Waals surface area contributed by atoms with Crippen molar-refractivity contribution in [3.63, 3.8) is 0 Å². The van der Waals surface area contributed by atoms with Crippen LogP contribution in [0.25, 0.3) is 0 Å². The SMILES string of the molecule is COc1ccc(OCCOc2cccc(C(=O)O)c2)c(Br)c1. The van der Waals surface area contributed by atoms with Gasteiger partial charge in [0.2, 0.25) is 0 Å². The molecule has 2 aromatic rings. The summed E-state index contributed by atoms with van der Waals surface area (Å²) in [5, 5.41) is 8.91. The van der Waals surface area contributed by atoms with E-state index in [-0.39, 0.29) is 5.56 Å². The van der Waals surface area contributed by atoms with Gasteiger partial charge in [0.05, 0.1) is 17.1 Å². The van der Waals surface area contributed by atoms with Crippen LogP contribution in [0.3, 0.4) is 0 Å². The third-order valence-electron chi connectivity index (χ3n) is 2.83. The predicted octanol–water partition coefficient (Wildman–Crippen LogP) is 3.61. The van der Waals surface area contributed by atoms with Crippen molar-refractivity contribution in [2.24, 2.45) is 0 Å². The van der Waals surface area contributed by atoms with E-state index in [0.717, 1.165) is 10.2 Å². The molecule has 0 fully saturated rings. The van der Waals surface area contributed by atoms with Gasteiger partial charge in [-0.3, -0.25) is 0 Å². The van der Waals surface area contributed by atoms with Crippen LogP contribution in [-0.2, 0) is 0 Å². The molecule has 2 rings (SSSR count). The first-order valence-electron chi connectivity index (χ1n) is 6.52. The molecule has 6 heteroatoms. The minimum Gasteiger partial charge on any atom is -0.497 e. The predicted molar refractivity (Wildman–Crippen MR) is 85.1 cm³/mol. The summed E-state index contributed by atoms with van der Waals surface area (Å²) in [5.74, 6) is 0.936. The van der Waals surface area contributed by atoms with E-state index in [9.17, 15) is 4.79 Å². The van der Waals surface area contributed by atoms with E-state index in [1.54, 1.807) is 31.4 Å². The molecule has 0 heterocycles. The van der Waals surface area contributed by atoms with Gasteiger partial charge in [0.1, 0.15) is 30.5 Å². The van der Waals surface area contributed by atoms with Crippen LogP contribution in [0.2, 0.25) is 0 Å². The van der Waals surface area contributed by atoms with Gasteiger partial charge in [-0.15, -0.1) is 0 Å². The van der Waals surface area contributed by atoms with Gasteiger partial charge in [-0.1, -0.05) is 6.07 Å². The summed E-state index contributed by atoms with van der Waals surface area (Å²) in [6.45, 7) is 0.643. The largest absolute Gasteiger partial charge is 0.497 e. The molecule has 0 atom stereocenters. The Morgan fingerprint density at radius 2 is 1.86 bits per heavy atom. The van der Waals surface area contributed by atoms with Gasteiger partial charge in [0.15, 0.2) is 0 Å². The van der Waals surface area contributed by atoms with Crippen molar-refractivity contribution in [1.82, 2.24) is 0 Å². The summed E-state index contributed by atoms with van der Waals surface area (Å²) < 4.78 is 17.0. The highest BCUT2D eigenvalue weighted by Crippen LogP contribution is 2.29. The maximum absolute atomic E-state index is 10.9. The molecule has 0 aliphatic carbocycles. The fourth-order valence-electron chi connectivity index (χ4n) is 1.76. The molecule has 0 saturated heterocycles. The molecule has 0 spiro atoms. The standard InChI is InChI=1S/C16H15BrO5/c1-20-12-5-6-15(14(17)10-12)22-8-7-21-13-4-2-3-11(9-13)16(18)19/h2-6,9-10H,7-8H2,1H3,(H,18,19). The number of methoxy groups -OCH3 is 1. The number of carboxylic acid groups (broad SMARTS) is 1. The van der Waals surface area contributed by atoms with E-state index in [0.29, 0.717) is 24.7 Å². The van der Waals surface area contributed by atoms with Crippen molar-refractivity contribution in [1.29, 1.82) is 0 Å². The van der Waals surface area contributed by atoms with Crippen LogP contribution in [0.5, 0.6) is 17.2 Å². The Hall–Kier alpha value is -2.21. The highest BCUT2D eigenvalue weighted by atomic mass is 79.9. The lowest BCUT2D eigenvalue weighted by Crippen LogP contribution is -2.09. The summed E-state index contributed by atoms with van der Waals surface area (Å²) in [6, 6.07) is 11.7. The van der Waals surface area contributed by atoms with E-state index < -0.39 is 5.97 Å². The fraction of sp³-hybridized carbons (Fsp3) is 0.188. The highest BCUT2D eigenvalue weighted by Gasteiger charge is 2.05. The lowest BCUT2D eigenvalue weighted by Gasteiger charge is -2.10. The Kier molecular flexibility index (Phi) is 5.66. The van der Waals surface area contributed by atoms with Crippen LogP contribution in [0.4, 0.5) is 0 Å². The number of rotatable bonds is 7. The molecule has 0 amide bonds. The average molecular weight is 367 g/mol. The van der Waals surface area contributed by atoms with Crippen LogP contribution in [-0.4, -0.2) is 31.4 Å². The van der Waals surface area contributed by atoms with Crippen LogP contribution in [0.1, 0.15) is 10.4 Å². The first kappa shape index (κ1) is 16.2. The molecule has 0 unspecified atom stereocenters. The van der Waals surface area contributed by atoms with E-state index in [1.165, 1.54) is 12.1 Å². The number of ether oxygens (including phenoxy) is 3. The molecule has 0 aliphatic heterocycles.